The van der Waals surface area contributed by atoms with Crippen molar-refractivity contribution in [1.82, 2.24) is 14.8 Å². The molecule has 0 N–H and O–H groups in total. The predicted molar refractivity (Wildman–Crippen MR) is 140 cm³/mol. The number of rotatable bonds is 5. The van der Waals surface area contributed by atoms with Crippen LogP contribution in [0, 0.1) is 0 Å². The number of hydrogen-bond donors (Lipinski definition) is 0. The number of benzene rings is 1. The Bertz CT molecular complexity index is 1210. The molecule has 0 aliphatic rings. The second kappa shape index (κ2) is 10.8. The van der Waals surface area contributed by atoms with Gasteiger partial charge in [0.15, 0.2) is 5.82 Å². The highest BCUT2D eigenvalue weighted by atomic mass is 32.2. The number of imide groups is 1. The van der Waals surface area contributed by atoms with Crippen molar-refractivity contribution in [3.63, 3.8) is 0 Å². The fraction of sp³-hybridized carbons (Fsp3) is 0.400. The third kappa shape index (κ3) is 6.94. The molecule has 2 heterocycles. The summed E-state index contributed by atoms with van der Waals surface area (Å²) >= 11 is 2.40. The number of anilines is 1. The molecule has 0 aliphatic carbocycles. The van der Waals surface area contributed by atoms with Gasteiger partial charge in [-0.25, -0.2) is 19.1 Å². The van der Waals surface area contributed by atoms with Crippen LogP contribution in [0.5, 0.6) is 0 Å². The molecule has 0 spiro atoms. The summed E-state index contributed by atoms with van der Waals surface area (Å²) < 4.78 is 12.3. The molecular formula is C25H30N4O5S2. The molecule has 0 aliphatic heterocycles. The smallest absolute Gasteiger partial charge is 0.422 e. The largest absolute Gasteiger partial charge is 0.443 e. The van der Waals surface area contributed by atoms with E-state index in [1.807, 2.05) is 17.5 Å². The minimum atomic E-state index is -0.820. The second-order valence-electron chi connectivity index (χ2n) is 9.85. The Hall–Kier alpha value is -3.18. The molecule has 0 radical (unpaired) electrons. The average Bonchev–Trinajstić information content (AvgIpc) is 3.41. The van der Waals surface area contributed by atoms with Crippen LogP contribution in [-0.2, 0) is 14.3 Å². The van der Waals surface area contributed by atoms with Crippen molar-refractivity contribution < 1.29 is 23.9 Å². The predicted octanol–water partition coefficient (Wildman–Crippen LogP) is 6.24. The Labute approximate surface area is 218 Å². The van der Waals surface area contributed by atoms with Crippen LogP contribution in [0.3, 0.4) is 0 Å². The van der Waals surface area contributed by atoms with Crippen LogP contribution in [0.25, 0.3) is 10.7 Å². The van der Waals surface area contributed by atoms with Crippen molar-refractivity contribution in [1.29, 1.82) is 0 Å². The SMILES string of the molecule is CC(Sc1nnc(-c2cccs2)n1C(=O)OC(C)(C)C)C(=O)N(C(=O)OC(C)(C)C)c1ccccc1. The van der Waals surface area contributed by atoms with E-state index in [9.17, 15) is 14.4 Å². The van der Waals surface area contributed by atoms with Gasteiger partial charge in [-0.2, -0.15) is 0 Å². The van der Waals surface area contributed by atoms with Crippen molar-refractivity contribution in [2.24, 2.45) is 0 Å². The van der Waals surface area contributed by atoms with Gasteiger partial charge in [-0.1, -0.05) is 36.0 Å². The first kappa shape index (κ1) is 27.4. The Morgan fingerprint density at radius 3 is 2.14 bits per heavy atom. The van der Waals surface area contributed by atoms with Gasteiger partial charge >= 0.3 is 12.2 Å². The van der Waals surface area contributed by atoms with Gasteiger partial charge in [-0.3, -0.25) is 4.79 Å². The van der Waals surface area contributed by atoms with E-state index in [4.69, 9.17) is 9.47 Å². The molecule has 1 atom stereocenters. The zero-order chi connectivity index (χ0) is 26.7. The number of carbonyl (C=O) groups excluding carboxylic acids is 3. The summed E-state index contributed by atoms with van der Waals surface area (Å²) in [4.78, 5) is 41.4. The Kier molecular flexibility index (Phi) is 8.25. The first-order chi connectivity index (χ1) is 16.8. The highest BCUT2D eigenvalue weighted by molar-refractivity contribution is 8.00. The van der Waals surface area contributed by atoms with Crippen LogP contribution in [0.1, 0.15) is 48.5 Å². The number of carbonyl (C=O) groups is 3. The van der Waals surface area contributed by atoms with E-state index in [1.54, 1.807) is 78.8 Å². The van der Waals surface area contributed by atoms with Gasteiger partial charge in [0.1, 0.15) is 11.2 Å². The summed E-state index contributed by atoms with van der Waals surface area (Å²) in [7, 11) is 0. The number of hydrogen-bond acceptors (Lipinski definition) is 9. The maximum Gasteiger partial charge on any atom is 0.422 e. The molecule has 3 aromatic rings. The number of thiophene rings is 1. The Morgan fingerprint density at radius 2 is 1.58 bits per heavy atom. The van der Waals surface area contributed by atoms with Gasteiger partial charge in [0, 0.05) is 0 Å². The summed E-state index contributed by atoms with van der Waals surface area (Å²) in [6.45, 7) is 12.1. The first-order valence-electron chi connectivity index (χ1n) is 11.3. The van der Waals surface area contributed by atoms with Crippen LogP contribution in [0.4, 0.5) is 15.3 Å². The van der Waals surface area contributed by atoms with Crippen molar-refractivity contribution >= 4 is 46.9 Å². The molecule has 11 heteroatoms. The lowest BCUT2D eigenvalue weighted by Gasteiger charge is -2.27. The van der Waals surface area contributed by atoms with E-state index < -0.39 is 34.5 Å². The Morgan fingerprint density at radius 1 is 0.944 bits per heavy atom. The zero-order valence-corrected chi connectivity index (χ0v) is 23.0. The zero-order valence-electron chi connectivity index (χ0n) is 21.3. The summed E-state index contributed by atoms with van der Waals surface area (Å²) in [6, 6.07) is 12.2. The lowest BCUT2D eigenvalue weighted by molar-refractivity contribution is -0.117. The van der Waals surface area contributed by atoms with Gasteiger partial charge in [-0.15, -0.1) is 21.5 Å². The molecule has 9 nitrogen and oxygen atoms in total. The molecule has 2 amide bonds. The quantitative estimate of drug-likeness (QED) is 0.357. The first-order valence-corrected chi connectivity index (χ1v) is 13.0. The van der Waals surface area contributed by atoms with Crippen LogP contribution in [0.2, 0.25) is 0 Å². The normalized spacial score (nSPS) is 12.6. The van der Waals surface area contributed by atoms with E-state index in [0.717, 1.165) is 21.5 Å². The molecule has 0 bridgehead atoms. The number of amides is 2. The van der Waals surface area contributed by atoms with Gasteiger partial charge < -0.3 is 9.47 Å². The van der Waals surface area contributed by atoms with Gasteiger partial charge in [0.25, 0.3) is 0 Å². The number of thioether (sulfide) groups is 1. The maximum atomic E-state index is 13.6. The van der Waals surface area contributed by atoms with Crippen LogP contribution in [-0.4, -0.2) is 49.3 Å². The summed E-state index contributed by atoms with van der Waals surface area (Å²) in [6.07, 6.45) is -1.45. The molecular weight excluding hydrogens is 500 g/mol. The lowest BCUT2D eigenvalue weighted by atomic mass is 10.2. The topological polar surface area (TPSA) is 104 Å². The molecule has 1 unspecified atom stereocenters. The third-order valence-corrected chi connectivity index (χ3v) is 6.29. The molecule has 0 fully saturated rings. The van der Waals surface area contributed by atoms with E-state index in [-0.39, 0.29) is 5.16 Å². The molecule has 2 aromatic heterocycles. The van der Waals surface area contributed by atoms with Crippen LogP contribution < -0.4 is 4.90 Å². The number of aromatic nitrogens is 3. The van der Waals surface area contributed by atoms with Crippen molar-refractivity contribution in [2.45, 2.75) is 70.1 Å². The van der Waals surface area contributed by atoms with E-state index in [1.165, 1.54) is 15.9 Å². The van der Waals surface area contributed by atoms with Crippen LogP contribution >= 0.6 is 23.1 Å². The number of para-hydroxylation sites is 1. The minimum Gasteiger partial charge on any atom is -0.443 e. The van der Waals surface area contributed by atoms with E-state index in [0.29, 0.717) is 11.5 Å². The van der Waals surface area contributed by atoms with Crippen molar-refractivity contribution in [3.8, 4) is 10.7 Å². The lowest BCUT2D eigenvalue weighted by Crippen LogP contribution is -2.44. The van der Waals surface area contributed by atoms with Crippen molar-refractivity contribution in [2.75, 3.05) is 4.90 Å². The minimum absolute atomic E-state index is 0.172. The van der Waals surface area contributed by atoms with Gasteiger partial charge in [0.05, 0.1) is 15.8 Å². The Balaban J connectivity index is 1.95. The summed E-state index contributed by atoms with van der Waals surface area (Å²) in [5, 5.41) is 9.58. The molecule has 1 aromatic carbocycles. The standard InChI is InChI=1S/C25H30N4O5S2/c1-16(20(30)28(17-12-9-8-10-13-17)22(31)33-24(2,3)4)36-21-27-26-19(18-14-11-15-35-18)29(21)23(32)34-25(5,6)7/h8-16H,1-7H3. The molecule has 36 heavy (non-hydrogen) atoms. The summed E-state index contributed by atoms with van der Waals surface area (Å²) in [5.74, 6) is -0.217. The molecule has 0 saturated carbocycles. The third-order valence-electron chi connectivity index (χ3n) is 4.39. The van der Waals surface area contributed by atoms with E-state index in [2.05, 4.69) is 10.2 Å². The second-order valence-corrected chi connectivity index (χ2v) is 12.1. The monoisotopic (exact) mass is 530 g/mol. The van der Waals surface area contributed by atoms with E-state index >= 15 is 0 Å². The highest BCUT2D eigenvalue weighted by Gasteiger charge is 2.34. The van der Waals surface area contributed by atoms with Crippen molar-refractivity contribution in [3.05, 3.63) is 47.8 Å². The molecule has 192 valence electrons. The number of nitrogens with zero attached hydrogens (tertiary/aromatic N) is 4. The summed E-state index contributed by atoms with van der Waals surface area (Å²) in [5.41, 5.74) is -1.18. The fourth-order valence-corrected chi connectivity index (χ4v) is 4.56. The van der Waals surface area contributed by atoms with Crippen LogP contribution in [0.15, 0.2) is 53.0 Å². The maximum absolute atomic E-state index is 13.6. The highest BCUT2D eigenvalue weighted by Crippen LogP contribution is 2.31. The van der Waals surface area contributed by atoms with Gasteiger partial charge in [0.2, 0.25) is 11.1 Å². The average molecular weight is 531 g/mol. The van der Waals surface area contributed by atoms with Gasteiger partial charge in [-0.05, 0) is 72.0 Å². The molecule has 3 rings (SSSR count). The number of ether oxygens (including phenoxy) is 2. The fourth-order valence-electron chi connectivity index (χ4n) is 2.98. The molecule has 0 saturated heterocycles.